The number of piperidine rings is 1. The second kappa shape index (κ2) is 5.15. The number of hydrogen-bond donors (Lipinski definition) is 1. The largest absolute Gasteiger partial charge is 0.467 e. The van der Waals surface area contributed by atoms with E-state index in [4.69, 9.17) is 0 Å². The van der Waals surface area contributed by atoms with Crippen LogP contribution < -0.4 is 0 Å². The van der Waals surface area contributed by atoms with Crippen LogP contribution in [0.1, 0.15) is 26.7 Å². The molecular formula is C12H23NO3. The number of esters is 1. The van der Waals surface area contributed by atoms with Crippen molar-refractivity contribution >= 4 is 5.97 Å². The topological polar surface area (TPSA) is 49.8 Å². The molecule has 0 radical (unpaired) electrons. The number of ether oxygens (including phenoxy) is 1. The van der Waals surface area contributed by atoms with Crippen molar-refractivity contribution in [3.05, 3.63) is 0 Å². The highest BCUT2D eigenvalue weighted by Gasteiger charge is 2.41. The molecule has 4 heteroatoms. The van der Waals surface area contributed by atoms with E-state index in [1.54, 1.807) is 0 Å². The van der Waals surface area contributed by atoms with E-state index in [1.165, 1.54) is 7.11 Å². The summed E-state index contributed by atoms with van der Waals surface area (Å²) in [7, 11) is 3.41. The number of likely N-dealkylation sites (tertiary alicyclic amines) is 1. The predicted molar refractivity (Wildman–Crippen MR) is 62.0 cm³/mol. The monoisotopic (exact) mass is 229 g/mol. The van der Waals surface area contributed by atoms with Crippen molar-refractivity contribution in [2.45, 2.75) is 32.8 Å². The molecule has 0 aromatic rings. The minimum absolute atomic E-state index is 0.373. The Labute approximate surface area is 97.6 Å². The number of carbonyl (C=O) groups excluding carboxylic acids is 1. The van der Waals surface area contributed by atoms with E-state index < -0.39 is 17.5 Å². The summed E-state index contributed by atoms with van der Waals surface area (Å²) in [5.41, 5.74) is -0.408. The van der Waals surface area contributed by atoms with Crippen LogP contribution in [-0.4, -0.2) is 49.3 Å². The number of aliphatic hydroxyl groups excluding tert-OH is 1. The van der Waals surface area contributed by atoms with E-state index in [-0.39, 0.29) is 0 Å². The van der Waals surface area contributed by atoms with Crippen molar-refractivity contribution in [3.63, 3.8) is 0 Å². The molecule has 0 saturated carbocycles. The van der Waals surface area contributed by atoms with Gasteiger partial charge in [0, 0.05) is 5.41 Å². The highest BCUT2D eigenvalue weighted by atomic mass is 16.5. The van der Waals surface area contributed by atoms with Gasteiger partial charge in [-0.2, -0.15) is 0 Å². The first-order valence-electron chi connectivity index (χ1n) is 5.84. The molecule has 94 valence electrons. The van der Waals surface area contributed by atoms with Crippen molar-refractivity contribution in [2.24, 2.45) is 11.3 Å². The molecular weight excluding hydrogens is 206 g/mol. The Morgan fingerprint density at radius 2 is 1.94 bits per heavy atom. The molecule has 1 saturated heterocycles. The number of aliphatic hydroxyl groups is 1. The summed E-state index contributed by atoms with van der Waals surface area (Å²) in [5, 5.41) is 9.98. The smallest absolute Gasteiger partial charge is 0.335 e. The lowest BCUT2D eigenvalue weighted by atomic mass is 9.70. The number of rotatable bonds is 3. The zero-order valence-electron chi connectivity index (χ0n) is 10.7. The first kappa shape index (κ1) is 13.5. The van der Waals surface area contributed by atoms with Gasteiger partial charge in [0.15, 0.2) is 6.10 Å². The first-order valence-corrected chi connectivity index (χ1v) is 5.84. The van der Waals surface area contributed by atoms with E-state index in [0.29, 0.717) is 5.92 Å². The lowest BCUT2D eigenvalue weighted by Crippen LogP contribution is -2.46. The highest BCUT2D eigenvalue weighted by molar-refractivity contribution is 5.75. The Morgan fingerprint density at radius 3 is 2.38 bits per heavy atom. The van der Waals surface area contributed by atoms with Gasteiger partial charge in [-0.1, -0.05) is 13.8 Å². The Kier molecular flexibility index (Phi) is 4.33. The van der Waals surface area contributed by atoms with Crippen LogP contribution in [-0.2, 0) is 9.53 Å². The van der Waals surface area contributed by atoms with Crippen LogP contribution in [0, 0.1) is 11.3 Å². The molecule has 1 aliphatic rings. The molecule has 0 amide bonds. The summed E-state index contributed by atoms with van der Waals surface area (Å²) in [6.45, 7) is 5.96. The third-order valence-electron chi connectivity index (χ3n) is 3.90. The van der Waals surface area contributed by atoms with Crippen LogP contribution in [0.15, 0.2) is 0 Å². The lowest BCUT2D eigenvalue weighted by Gasteiger charge is -2.41. The van der Waals surface area contributed by atoms with Gasteiger partial charge >= 0.3 is 5.97 Å². The van der Waals surface area contributed by atoms with E-state index in [0.717, 1.165) is 25.9 Å². The average Bonchev–Trinajstić information content (AvgIpc) is 2.27. The maximum absolute atomic E-state index is 11.4. The maximum atomic E-state index is 11.4. The van der Waals surface area contributed by atoms with E-state index in [9.17, 15) is 9.90 Å². The Hall–Kier alpha value is -0.610. The normalized spacial score (nSPS) is 21.8. The minimum Gasteiger partial charge on any atom is -0.467 e. The fraction of sp³-hybridized carbons (Fsp3) is 0.917. The minimum atomic E-state index is -1.02. The second-order valence-electron chi connectivity index (χ2n) is 5.32. The summed E-state index contributed by atoms with van der Waals surface area (Å²) >= 11 is 0. The average molecular weight is 229 g/mol. The molecule has 0 aromatic carbocycles. The van der Waals surface area contributed by atoms with Crippen LogP contribution in [0.2, 0.25) is 0 Å². The fourth-order valence-corrected chi connectivity index (χ4v) is 2.39. The zero-order chi connectivity index (χ0) is 12.3. The quantitative estimate of drug-likeness (QED) is 0.730. The van der Waals surface area contributed by atoms with Crippen LogP contribution in [0.3, 0.4) is 0 Å². The molecule has 0 aromatic heterocycles. The van der Waals surface area contributed by atoms with Gasteiger partial charge in [0.05, 0.1) is 7.11 Å². The molecule has 4 nitrogen and oxygen atoms in total. The van der Waals surface area contributed by atoms with Crippen molar-refractivity contribution in [2.75, 3.05) is 27.2 Å². The summed E-state index contributed by atoms with van der Waals surface area (Å²) in [6.07, 6.45) is 1.03. The highest BCUT2D eigenvalue weighted by Crippen LogP contribution is 2.37. The zero-order valence-corrected chi connectivity index (χ0v) is 10.7. The number of hydrogen-bond acceptors (Lipinski definition) is 4. The molecule has 1 N–H and O–H groups in total. The first-order chi connectivity index (χ1) is 7.39. The lowest BCUT2D eigenvalue weighted by molar-refractivity contribution is -0.160. The molecule has 1 heterocycles. The Balaban J connectivity index is 2.65. The van der Waals surface area contributed by atoms with Gasteiger partial charge in [-0.3, -0.25) is 0 Å². The molecule has 1 atom stereocenters. The summed E-state index contributed by atoms with van der Waals surface area (Å²) in [6, 6.07) is 0. The van der Waals surface area contributed by atoms with Gasteiger partial charge in [0.2, 0.25) is 0 Å². The molecule has 1 fully saturated rings. The van der Waals surface area contributed by atoms with Crippen molar-refractivity contribution in [1.82, 2.24) is 4.90 Å². The van der Waals surface area contributed by atoms with Gasteiger partial charge in [-0.15, -0.1) is 0 Å². The predicted octanol–water partition coefficient (Wildman–Crippen LogP) is 0.888. The number of nitrogens with zero attached hydrogens (tertiary/aromatic N) is 1. The van der Waals surface area contributed by atoms with Crippen molar-refractivity contribution in [1.29, 1.82) is 0 Å². The van der Waals surface area contributed by atoms with E-state index >= 15 is 0 Å². The van der Waals surface area contributed by atoms with Gasteiger partial charge < -0.3 is 14.7 Å². The third-order valence-corrected chi connectivity index (χ3v) is 3.90. The summed E-state index contributed by atoms with van der Waals surface area (Å²) < 4.78 is 4.61. The van der Waals surface area contributed by atoms with Crippen LogP contribution in [0.4, 0.5) is 0 Å². The van der Waals surface area contributed by atoms with Crippen LogP contribution in [0.5, 0.6) is 0 Å². The van der Waals surface area contributed by atoms with Gasteiger partial charge in [0.25, 0.3) is 0 Å². The van der Waals surface area contributed by atoms with Crippen molar-refractivity contribution in [3.8, 4) is 0 Å². The third kappa shape index (κ3) is 2.74. The molecule has 0 aliphatic carbocycles. The maximum Gasteiger partial charge on any atom is 0.335 e. The molecule has 1 aliphatic heterocycles. The molecule has 1 unspecified atom stereocenters. The Bertz CT molecular complexity index is 245. The van der Waals surface area contributed by atoms with Crippen molar-refractivity contribution < 1.29 is 14.6 Å². The van der Waals surface area contributed by atoms with Gasteiger partial charge in [-0.05, 0) is 38.9 Å². The SMILES string of the molecule is COC(=O)C(O)C(C)(C)C1CCN(C)CC1. The van der Waals surface area contributed by atoms with Gasteiger partial charge in [0.1, 0.15) is 0 Å². The molecule has 16 heavy (non-hydrogen) atoms. The fourth-order valence-electron chi connectivity index (χ4n) is 2.39. The summed E-state index contributed by atoms with van der Waals surface area (Å²) in [5.74, 6) is -0.151. The number of carbonyl (C=O) groups is 1. The van der Waals surface area contributed by atoms with E-state index in [2.05, 4.69) is 16.7 Å². The second-order valence-corrected chi connectivity index (χ2v) is 5.32. The van der Waals surface area contributed by atoms with Crippen LogP contribution in [0.25, 0.3) is 0 Å². The standard InChI is InChI=1S/C12H23NO3/c1-12(2,10(14)11(15)16-4)9-5-7-13(3)8-6-9/h9-10,14H,5-8H2,1-4H3. The van der Waals surface area contributed by atoms with Crippen LogP contribution >= 0.6 is 0 Å². The van der Waals surface area contributed by atoms with E-state index in [1.807, 2.05) is 13.8 Å². The van der Waals surface area contributed by atoms with Gasteiger partial charge in [-0.25, -0.2) is 4.79 Å². The number of methoxy groups -OCH3 is 1. The molecule has 0 bridgehead atoms. The molecule has 0 spiro atoms. The molecule has 1 rings (SSSR count). The Morgan fingerprint density at radius 1 is 1.44 bits per heavy atom. The summed E-state index contributed by atoms with van der Waals surface area (Å²) in [4.78, 5) is 13.7.